The molecule has 1 heterocycles. The minimum Gasteiger partial charge on any atom is -0.508 e. The van der Waals surface area contributed by atoms with Gasteiger partial charge in [-0.3, -0.25) is 0 Å². The van der Waals surface area contributed by atoms with Gasteiger partial charge in [0.2, 0.25) is 0 Å². The molecular weight excluding hydrogens is 202 g/mol. The standard InChI is InChI=1S/C13H19NO2/c1-10-12(6-7-16-10)9-14-8-11-2-4-13(15)5-3-11/h2-5,10,12,14-15H,6-9H2,1H3. The summed E-state index contributed by atoms with van der Waals surface area (Å²) in [5.41, 5.74) is 1.20. The van der Waals surface area contributed by atoms with Crippen molar-refractivity contribution < 1.29 is 9.84 Å². The molecule has 1 aromatic rings. The van der Waals surface area contributed by atoms with Gasteiger partial charge >= 0.3 is 0 Å². The molecule has 1 aliphatic rings. The van der Waals surface area contributed by atoms with Gasteiger partial charge in [-0.1, -0.05) is 12.1 Å². The number of nitrogens with one attached hydrogen (secondary N) is 1. The van der Waals surface area contributed by atoms with E-state index < -0.39 is 0 Å². The zero-order valence-electron chi connectivity index (χ0n) is 9.65. The molecule has 0 bridgehead atoms. The highest BCUT2D eigenvalue weighted by Gasteiger charge is 2.23. The lowest BCUT2D eigenvalue weighted by molar-refractivity contribution is 0.105. The van der Waals surface area contributed by atoms with Crippen molar-refractivity contribution in [3.05, 3.63) is 29.8 Å². The van der Waals surface area contributed by atoms with E-state index in [1.54, 1.807) is 12.1 Å². The zero-order valence-corrected chi connectivity index (χ0v) is 9.65. The van der Waals surface area contributed by atoms with Crippen LogP contribution < -0.4 is 5.32 Å². The molecule has 0 saturated carbocycles. The second kappa shape index (κ2) is 5.32. The average Bonchev–Trinajstić information content (AvgIpc) is 2.68. The Morgan fingerprint density at radius 2 is 2.12 bits per heavy atom. The van der Waals surface area contributed by atoms with E-state index in [1.165, 1.54) is 5.56 Å². The van der Waals surface area contributed by atoms with E-state index in [1.807, 2.05) is 12.1 Å². The molecule has 1 aliphatic heterocycles. The van der Waals surface area contributed by atoms with Gasteiger partial charge in [0.25, 0.3) is 0 Å². The van der Waals surface area contributed by atoms with Crippen LogP contribution in [0.1, 0.15) is 18.9 Å². The SMILES string of the molecule is CC1OCCC1CNCc1ccc(O)cc1. The number of aromatic hydroxyl groups is 1. The second-order valence-corrected chi connectivity index (χ2v) is 4.42. The Hall–Kier alpha value is -1.06. The lowest BCUT2D eigenvalue weighted by atomic mass is 10.0. The van der Waals surface area contributed by atoms with Gasteiger partial charge in [-0.2, -0.15) is 0 Å². The van der Waals surface area contributed by atoms with Crippen LogP contribution in [0.2, 0.25) is 0 Å². The van der Waals surface area contributed by atoms with E-state index in [-0.39, 0.29) is 0 Å². The molecule has 0 aromatic heterocycles. The van der Waals surface area contributed by atoms with E-state index in [2.05, 4.69) is 12.2 Å². The van der Waals surface area contributed by atoms with Crippen LogP contribution in [0.3, 0.4) is 0 Å². The Labute approximate surface area is 96.4 Å². The quantitative estimate of drug-likeness (QED) is 0.816. The molecule has 3 heteroatoms. The van der Waals surface area contributed by atoms with Crippen LogP contribution >= 0.6 is 0 Å². The molecule has 1 saturated heterocycles. The predicted octanol–water partition coefficient (Wildman–Crippen LogP) is 1.91. The van der Waals surface area contributed by atoms with Crippen molar-refractivity contribution in [2.24, 2.45) is 5.92 Å². The van der Waals surface area contributed by atoms with Crippen LogP contribution in [0.25, 0.3) is 0 Å². The van der Waals surface area contributed by atoms with Gasteiger partial charge in [-0.15, -0.1) is 0 Å². The summed E-state index contributed by atoms with van der Waals surface area (Å²) in [6.07, 6.45) is 1.54. The highest BCUT2D eigenvalue weighted by Crippen LogP contribution is 2.19. The molecule has 3 nitrogen and oxygen atoms in total. The van der Waals surface area contributed by atoms with E-state index in [0.29, 0.717) is 17.8 Å². The van der Waals surface area contributed by atoms with E-state index >= 15 is 0 Å². The number of hydrogen-bond donors (Lipinski definition) is 2. The third-order valence-electron chi connectivity index (χ3n) is 3.21. The topological polar surface area (TPSA) is 41.5 Å². The summed E-state index contributed by atoms with van der Waals surface area (Å²) in [6, 6.07) is 7.32. The predicted molar refractivity (Wildman–Crippen MR) is 63.3 cm³/mol. The molecule has 1 fully saturated rings. The smallest absolute Gasteiger partial charge is 0.115 e. The van der Waals surface area contributed by atoms with Crippen molar-refractivity contribution in [2.75, 3.05) is 13.2 Å². The molecule has 0 spiro atoms. The fourth-order valence-electron chi connectivity index (χ4n) is 2.06. The van der Waals surface area contributed by atoms with Crippen LogP contribution in [0.15, 0.2) is 24.3 Å². The van der Waals surface area contributed by atoms with Gasteiger partial charge < -0.3 is 15.2 Å². The zero-order chi connectivity index (χ0) is 11.4. The number of phenols is 1. The molecule has 2 rings (SSSR count). The number of ether oxygens (including phenoxy) is 1. The van der Waals surface area contributed by atoms with Crippen LogP contribution in [0.5, 0.6) is 5.75 Å². The maximum Gasteiger partial charge on any atom is 0.115 e. The number of rotatable bonds is 4. The van der Waals surface area contributed by atoms with E-state index in [0.717, 1.165) is 26.1 Å². The summed E-state index contributed by atoms with van der Waals surface area (Å²) in [4.78, 5) is 0. The van der Waals surface area contributed by atoms with Crippen LogP contribution in [0, 0.1) is 5.92 Å². The Morgan fingerprint density at radius 1 is 1.38 bits per heavy atom. The molecule has 88 valence electrons. The van der Waals surface area contributed by atoms with Gasteiger partial charge in [-0.05, 0) is 37.0 Å². The van der Waals surface area contributed by atoms with Crippen LogP contribution in [-0.4, -0.2) is 24.4 Å². The average molecular weight is 221 g/mol. The van der Waals surface area contributed by atoms with Crippen molar-refractivity contribution >= 4 is 0 Å². The van der Waals surface area contributed by atoms with Gasteiger partial charge in [0.15, 0.2) is 0 Å². The van der Waals surface area contributed by atoms with Crippen molar-refractivity contribution in [3.63, 3.8) is 0 Å². The summed E-state index contributed by atoms with van der Waals surface area (Å²) < 4.78 is 5.51. The molecule has 0 amide bonds. The van der Waals surface area contributed by atoms with Crippen LogP contribution in [0.4, 0.5) is 0 Å². The second-order valence-electron chi connectivity index (χ2n) is 4.42. The Morgan fingerprint density at radius 3 is 2.75 bits per heavy atom. The molecular formula is C13H19NO2. The Balaban J connectivity index is 1.73. The molecule has 2 atom stereocenters. The van der Waals surface area contributed by atoms with Crippen molar-refractivity contribution in [2.45, 2.75) is 26.0 Å². The first kappa shape index (κ1) is 11.4. The lowest BCUT2D eigenvalue weighted by Gasteiger charge is -2.14. The maximum atomic E-state index is 9.15. The summed E-state index contributed by atoms with van der Waals surface area (Å²) in [5, 5.41) is 12.6. The third kappa shape index (κ3) is 2.97. The fourth-order valence-corrected chi connectivity index (χ4v) is 2.06. The first-order chi connectivity index (χ1) is 7.75. The lowest BCUT2D eigenvalue weighted by Crippen LogP contribution is -2.26. The summed E-state index contributed by atoms with van der Waals surface area (Å²) in [5.74, 6) is 0.957. The van der Waals surface area contributed by atoms with Gasteiger partial charge in [0, 0.05) is 19.7 Å². The van der Waals surface area contributed by atoms with Crippen molar-refractivity contribution in [1.82, 2.24) is 5.32 Å². The summed E-state index contributed by atoms with van der Waals surface area (Å²) in [6.45, 7) is 4.89. The van der Waals surface area contributed by atoms with E-state index in [4.69, 9.17) is 9.84 Å². The van der Waals surface area contributed by atoms with Crippen molar-refractivity contribution in [3.8, 4) is 5.75 Å². The number of benzene rings is 1. The minimum absolute atomic E-state index is 0.321. The van der Waals surface area contributed by atoms with Crippen LogP contribution in [-0.2, 0) is 11.3 Å². The number of hydrogen-bond acceptors (Lipinski definition) is 3. The maximum absolute atomic E-state index is 9.15. The molecule has 2 unspecified atom stereocenters. The number of phenolic OH excluding ortho intramolecular Hbond substituents is 1. The van der Waals surface area contributed by atoms with E-state index in [9.17, 15) is 0 Å². The molecule has 0 radical (unpaired) electrons. The van der Waals surface area contributed by atoms with Crippen molar-refractivity contribution in [1.29, 1.82) is 0 Å². The minimum atomic E-state index is 0.321. The summed E-state index contributed by atoms with van der Waals surface area (Å²) >= 11 is 0. The molecule has 0 aliphatic carbocycles. The summed E-state index contributed by atoms with van der Waals surface area (Å²) in [7, 11) is 0. The fraction of sp³-hybridized carbons (Fsp3) is 0.538. The molecule has 16 heavy (non-hydrogen) atoms. The normalized spacial score (nSPS) is 24.8. The largest absolute Gasteiger partial charge is 0.508 e. The molecule has 1 aromatic carbocycles. The van der Waals surface area contributed by atoms with Gasteiger partial charge in [0.1, 0.15) is 5.75 Å². The Kier molecular flexibility index (Phi) is 3.80. The third-order valence-corrected chi connectivity index (χ3v) is 3.21. The van der Waals surface area contributed by atoms with Gasteiger partial charge in [-0.25, -0.2) is 0 Å². The highest BCUT2D eigenvalue weighted by molar-refractivity contribution is 5.25. The van der Waals surface area contributed by atoms with Gasteiger partial charge in [0.05, 0.1) is 6.10 Å². The first-order valence-electron chi connectivity index (χ1n) is 5.86. The highest BCUT2D eigenvalue weighted by atomic mass is 16.5. The molecule has 2 N–H and O–H groups in total. The monoisotopic (exact) mass is 221 g/mol. The first-order valence-corrected chi connectivity index (χ1v) is 5.86. The Bertz CT molecular complexity index is 323.